The van der Waals surface area contributed by atoms with E-state index in [1.165, 1.54) is 15.3 Å². The number of thiophene rings is 1. The number of urea groups is 1. The molecule has 2 aromatic heterocycles. The lowest BCUT2D eigenvalue weighted by atomic mass is 10.1. The lowest BCUT2D eigenvalue weighted by molar-refractivity contribution is 0.203. The van der Waals surface area contributed by atoms with Crippen LogP contribution >= 0.6 is 22.7 Å². The highest BCUT2D eigenvalue weighted by Crippen LogP contribution is 2.26. The minimum absolute atomic E-state index is 0.0232. The van der Waals surface area contributed by atoms with Crippen molar-refractivity contribution in [3.63, 3.8) is 0 Å². The Morgan fingerprint density at radius 1 is 1.41 bits per heavy atom. The summed E-state index contributed by atoms with van der Waals surface area (Å²) in [6.07, 6.45) is 1.81. The predicted octanol–water partition coefficient (Wildman–Crippen LogP) is 4.33. The molecule has 0 radical (unpaired) electrons. The minimum atomic E-state index is -0.0424. The summed E-state index contributed by atoms with van der Waals surface area (Å²) >= 11 is 3.40. The van der Waals surface area contributed by atoms with Gasteiger partial charge in [0.25, 0.3) is 0 Å². The fourth-order valence-electron chi connectivity index (χ4n) is 2.50. The third kappa shape index (κ3) is 4.08. The number of nitrogens with zero attached hydrogens (tertiary/aromatic N) is 2. The van der Waals surface area contributed by atoms with E-state index in [9.17, 15) is 4.79 Å². The maximum atomic E-state index is 12.4. The van der Waals surface area contributed by atoms with E-state index in [0.717, 1.165) is 5.01 Å². The van der Waals surface area contributed by atoms with E-state index in [1.807, 2.05) is 19.4 Å². The second-order valence-corrected chi connectivity index (χ2v) is 8.08. The summed E-state index contributed by atoms with van der Waals surface area (Å²) in [6, 6.07) is 2.14. The van der Waals surface area contributed by atoms with Gasteiger partial charge in [-0.15, -0.1) is 22.7 Å². The lowest BCUT2D eigenvalue weighted by Gasteiger charge is -2.23. The number of hydrogen-bond acceptors (Lipinski definition) is 4. The monoisotopic (exact) mass is 337 g/mol. The van der Waals surface area contributed by atoms with E-state index in [-0.39, 0.29) is 18.0 Å². The summed E-state index contributed by atoms with van der Waals surface area (Å²) in [4.78, 5) is 20.9. The lowest BCUT2D eigenvalue weighted by Crippen LogP contribution is -2.40. The molecule has 0 aromatic carbocycles. The Kier molecular flexibility index (Phi) is 5.58. The van der Waals surface area contributed by atoms with Crippen LogP contribution in [0.25, 0.3) is 0 Å². The van der Waals surface area contributed by atoms with Crippen molar-refractivity contribution in [1.82, 2.24) is 15.2 Å². The maximum absolute atomic E-state index is 12.4. The summed E-state index contributed by atoms with van der Waals surface area (Å²) in [7, 11) is 1.83. The summed E-state index contributed by atoms with van der Waals surface area (Å²) < 4.78 is 0. The zero-order valence-electron chi connectivity index (χ0n) is 13.7. The highest BCUT2D eigenvalue weighted by molar-refractivity contribution is 7.12. The number of thiazole rings is 1. The molecule has 0 bridgehead atoms. The van der Waals surface area contributed by atoms with Gasteiger partial charge in [0.2, 0.25) is 0 Å². The van der Waals surface area contributed by atoms with Crippen LogP contribution in [0.5, 0.6) is 0 Å². The Bertz CT molecular complexity index is 621. The van der Waals surface area contributed by atoms with Gasteiger partial charge < -0.3 is 10.2 Å². The van der Waals surface area contributed by atoms with Crippen LogP contribution in [0.15, 0.2) is 17.6 Å². The number of amides is 2. The minimum Gasteiger partial charge on any atom is -0.331 e. The van der Waals surface area contributed by atoms with E-state index in [4.69, 9.17) is 0 Å². The third-order valence-electron chi connectivity index (χ3n) is 3.65. The van der Waals surface area contributed by atoms with Crippen LogP contribution in [0.3, 0.4) is 0 Å². The van der Waals surface area contributed by atoms with Crippen LogP contribution in [0.2, 0.25) is 0 Å². The molecule has 6 heteroatoms. The molecule has 2 atom stereocenters. The number of aromatic nitrogens is 1. The Labute approximate surface area is 140 Å². The zero-order chi connectivity index (χ0) is 16.3. The summed E-state index contributed by atoms with van der Waals surface area (Å²) in [5.74, 6) is 0.246. The summed E-state index contributed by atoms with van der Waals surface area (Å²) in [6.45, 7) is 8.98. The van der Waals surface area contributed by atoms with Gasteiger partial charge in [0.15, 0.2) is 0 Å². The fourth-order valence-corrected chi connectivity index (χ4v) is 4.22. The largest absolute Gasteiger partial charge is 0.331 e. The van der Waals surface area contributed by atoms with Crippen molar-refractivity contribution in [2.24, 2.45) is 0 Å². The second-order valence-electron chi connectivity index (χ2n) is 5.69. The maximum Gasteiger partial charge on any atom is 0.317 e. The molecule has 2 rings (SSSR count). The highest BCUT2D eigenvalue weighted by Gasteiger charge is 2.19. The molecule has 0 aliphatic rings. The zero-order valence-corrected chi connectivity index (χ0v) is 15.3. The number of hydrogen-bond donors (Lipinski definition) is 1. The van der Waals surface area contributed by atoms with Gasteiger partial charge in [0, 0.05) is 40.8 Å². The molecule has 0 spiro atoms. The van der Waals surface area contributed by atoms with E-state index < -0.39 is 0 Å². The van der Waals surface area contributed by atoms with Crippen molar-refractivity contribution < 1.29 is 4.79 Å². The van der Waals surface area contributed by atoms with Crippen molar-refractivity contribution in [2.75, 3.05) is 13.6 Å². The molecule has 120 valence electrons. The molecule has 2 heterocycles. The van der Waals surface area contributed by atoms with Crippen LogP contribution < -0.4 is 5.32 Å². The fraction of sp³-hybridized carbons (Fsp3) is 0.500. The SMILES string of the molecule is Cc1cc([C@@H](C)NC(=O)N(C)C[C@H](C)c2nccs2)c(C)s1. The van der Waals surface area contributed by atoms with Crippen molar-refractivity contribution in [2.45, 2.75) is 39.7 Å². The first-order valence-electron chi connectivity index (χ1n) is 7.36. The van der Waals surface area contributed by atoms with E-state index in [2.05, 4.69) is 37.1 Å². The van der Waals surface area contributed by atoms with Crippen LogP contribution in [-0.2, 0) is 0 Å². The highest BCUT2D eigenvalue weighted by atomic mass is 32.1. The quantitative estimate of drug-likeness (QED) is 0.883. The van der Waals surface area contributed by atoms with Gasteiger partial charge >= 0.3 is 6.03 Å². The van der Waals surface area contributed by atoms with Crippen LogP contribution in [0.4, 0.5) is 4.79 Å². The standard InChI is InChI=1S/C16H23N3OS2/c1-10(15-17-6-7-21-15)9-19(5)16(20)18-12(3)14-8-11(2)22-13(14)4/h6-8,10,12H,9H2,1-5H3,(H,18,20)/t10-,12+/m0/s1. The molecule has 2 aromatic rings. The molecule has 0 aliphatic carbocycles. The van der Waals surface area contributed by atoms with Crippen molar-refractivity contribution in [3.8, 4) is 0 Å². The third-order valence-corrected chi connectivity index (χ3v) is 5.64. The summed E-state index contributed by atoms with van der Waals surface area (Å²) in [5.41, 5.74) is 1.21. The van der Waals surface area contributed by atoms with E-state index in [1.54, 1.807) is 33.8 Å². The van der Waals surface area contributed by atoms with Crippen molar-refractivity contribution >= 4 is 28.7 Å². The Morgan fingerprint density at radius 2 is 2.14 bits per heavy atom. The van der Waals surface area contributed by atoms with Gasteiger partial charge in [0.05, 0.1) is 11.0 Å². The van der Waals surface area contributed by atoms with Crippen molar-refractivity contribution in [1.29, 1.82) is 0 Å². The van der Waals surface area contributed by atoms with Gasteiger partial charge in [-0.2, -0.15) is 0 Å². The molecule has 4 nitrogen and oxygen atoms in total. The van der Waals surface area contributed by atoms with Gasteiger partial charge in [-0.25, -0.2) is 9.78 Å². The van der Waals surface area contributed by atoms with E-state index >= 15 is 0 Å². The average molecular weight is 338 g/mol. The van der Waals surface area contributed by atoms with Gasteiger partial charge in [-0.3, -0.25) is 0 Å². The normalized spacial score (nSPS) is 13.7. The van der Waals surface area contributed by atoms with Gasteiger partial charge in [-0.05, 0) is 32.4 Å². The molecule has 0 saturated heterocycles. The predicted molar refractivity (Wildman–Crippen MR) is 93.9 cm³/mol. The molecule has 0 fully saturated rings. The first kappa shape index (κ1) is 17.0. The van der Waals surface area contributed by atoms with Gasteiger partial charge in [0.1, 0.15) is 0 Å². The van der Waals surface area contributed by atoms with Crippen LogP contribution in [0, 0.1) is 13.8 Å². The van der Waals surface area contributed by atoms with Crippen molar-refractivity contribution in [3.05, 3.63) is 38.0 Å². The number of likely N-dealkylation sites (N-methyl/N-ethyl adjacent to an activating group) is 1. The number of rotatable bonds is 5. The van der Waals surface area contributed by atoms with Crippen LogP contribution in [-0.4, -0.2) is 29.5 Å². The Morgan fingerprint density at radius 3 is 2.68 bits per heavy atom. The van der Waals surface area contributed by atoms with Gasteiger partial charge in [-0.1, -0.05) is 6.92 Å². The molecule has 0 unspecified atom stereocenters. The first-order chi connectivity index (χ1) is 10.4. The molecule has 1 N–H and O–H groups in total. The number of carbonyl (C=O) groups is 1. The molecule has 0 saturated carbocycles. The number of carbonyl (C=O) groups excluding carboxylic acids is 1. The number of aryl methyl sites for hydroxylation is 2. The topological polar surface area (TPSA) is 45.2 Å². The van der Waals surface area contributed by atoms with E-state index in [0.29, 0.717) is 6.54 Å². The Balaban J connectivity index is 1.92. The molecule has 22 heavy (non-hydrogen) atoms. The first-order valence-corrected chi connectivity index (χ1v) is 9.06. The second kappa shape index (κ2) is 7.24. The van der Waals surface area contributed by atoms with Crippen LogP contribution in [0.1, 0.15) is 46.1 Å². The molecule has 0 aliphatic heterocycles. The molecular formula is C16H23N3OS2. The Hall–Kier alpha value is -1.40. The number of nitrogens with one attached hydrogen (secondary N) is 1. The summed E-state index contributed by atoms with van der Waals surface area (Å²) in [5, 5.41) is 6.11. The smallest absolute Gasteiger partial charge is 0.317 e. The average Bonchev–Trinajstić information content (AvgIpc) is 3.08. The molecular weight excluding hydrogens is 314 g/mol. The molecule has 2 amide bonds.